The number of carbonyl (C=O) groups is 1. The predicted octanol–water partition coefficient (Wildman–Crippen LogP) is 3.03. The standard InChI is InChI=1S/C19H19FN4O2/c1-12-3-8-16(26-2)15(9-12)21-19(25)11-18-22-17(23-24-18)10-13-4-6-14(20)7-5-13/h3-9H,10-11H2,1-2H3,(H,21,25)(H,22,23,24). The molecule has 0 bridgehead atoms. The normalized spacial score (nSPS) is 10.6. The van der Waals surface area contributed by atoms with Crippen LogP contribution in [0.15, 0.2) is 42.5 Å². The number of nitrogens with one attached hydrogen (secondary N) is 2. The first kappa shape index (κ1) is 17.6. The van der Waals surface area contributed by atoms with Gasteiger partial charge in [-0.15, -0.1) is 0 Å². The van der Waals surface area contributed by atoms with Crippen molar-refractivity contribution in [1.82, 2.24) is 15.2 Å². The number of H-pyrrole nitrogens is 1. The van der Waals surface area contributed by atoms with Crippen LogP contribution in [0.1, 0.15) is 22.8 Å². The number of halogens is 1. The van der Waals surface area contributed by atoms with Gasteiger partial charge in [0.1, 0.15) is 17.4 Å². The lowest BCUT2D eigenvalue weighted by molar-refractivity contribution is -0.115. The van der Waals surface area contributed by atoms with Crippen molar-refractivity contribution in [2.24, 2.45) is 0 Å². The summed E-state index contributed by atoms with van der Waals surface area (Å²) < 4.78 is 18.2. The van der Waals surface area contributed by atoms with Crippen LogP contribution in [-0.2, 0) is 17.6 Å². The van der Waals surface area contributed by atoms with Crippen LogP contribution in [0.3, 0.4) is 0 Å². The first-order chi connectivity index (χ1) is 12.5. The summed E-state index contributed by atoms with van der Waals surface area (Å²) in [6.07, 6.45) is 0.525. The lowest BCUT2D eigenvalue weighted by Crippen LogP contribution is -2.16. The number of benzene rings is 2. The van der Waals surface area contributed by atoms with Crippen LogP contribution >= 0.6 is 0 Å². The molecule has 0 saturated heterocycles. The van der Waals surface area contributed by atoms with E-state index in [9.17, 15) is 9.18 Å². The number of methoxy groups -OCH3 is 1. The average Bonchev–Trinajstić information content (AvgIpc) is 3.04. The second-order valence-electron chi connectivity index (χ2n) is 5.93. The highest BCUT2D eigenvalue weighted by molar-refractivity contribution is 5.93. The fourth-order valence-electron chi connectivity index (χ4n) is 2.55. The lowest BCUT2D eigenvalue weighted by atomic mass is 10.1. The Labute approximate surface area is 150 Å². The molecule has 0 unspecified atom stereocenters. The van der Waals surface area contributed by atoms with Crippen LogP contribution in [0.5, 0.6) is 5.75 Å². The van der Waals surface area contributed by atoms with Gasteiger partial charge in [0.05, 0.1) is 19.2 Å². The molecule has 2 aromatic carbocycles. The van der Waals surface area contributed by atoms with Gasteiger partial charge in [0.25, 0.3) is 0 Å². The minimum Gasteiger partial charge on any atom is -0.495 e. The van der Waals surface area contributed by atoms with Gasteiger partial charge in [-0.2, -0.15) is 5.10 Å². The molecule has 0 aliphatic carbocycles. The number of aromatic nitrogens is 3. The number of hydrogen-bond acceptors (Lipinski definition) is 4. The van der Waals surface area contributed by atoms with Gasteiger partial charge in [-0.3, -0.25) is 9.89 Å². The first-order valence-corrected chi connectivity index (χ1v) is 8.12. The Morgan fingerprint density at radius 3 is 2.73 bits per heavy atom. The van der Waals surface area contributed by atoms with Gasteiger partial charge in [-0.05, 0) is 42.3 Å². The van der Waals surface area contributed by atoms with E-state index in [1.165, 1.54) is 12.1 Å². The molecular formula is C19H19FN4O2. The monoisotopic (exact) mass is 354 g/mol. The number of amides is 1. The Hall–Kier alpha value is -3.22. The summed E-state index contributed by atoms with van der Waals surface area (Å²) in [5.41, 5.74) is 2.53. The Balaban J connectivity index is 1.62. The van der Waals surface area contributed by atoms with E-state index in [0.29, 0.717) is 29.5 Å². The summed E-state index contributed by atoms with van der Waals surface area (Å²) in [5, 5.41) is 9.70. The number of carbonyl (C=O) groups excluding carboxylic acids is 1. The van der Waals surface area contributed by atoms with Gasteiger partial charge in [0, 0.05) is 6.42 Å². The van der Waals surface area contributed by atoms with Crippen molar-refractivity contribution in [3.8, 4) is 5.75 Å². The summed E-state index contributed by atoms with van der Waals surface area (Å²) >= 11 is 0. The summed E-state index contributed by atoms with van der Waals surface area (Å²) in [6, 6.07) is 11.7. The molecule has 0 radical (unpaired) electrons. The molecule has 0 aliphatic heterocycles. The third kappa shape index (κ3) is 4.44. The maximum absolute atomic E-state index is 12.9. The minimum absolute atomic E-state index is 0.0387. The maximum Gasteiger partial charge on any atom is 0.232 e. The van der Waals surface area contributed by atoms with Crippen molar-refractivity contribution in [3.63, 3.8) is 0 Å². The van der Waals surface area contributed by atoms with E-state index in [1.54, 1.807) is 25.3 Å². The fraction of sp³-hybridized carbons (Fsp3) is 0.211. The fourth-order valence-corrected chi connectivity index (χ4v) is 2.55. The van der Waals surface area contributed by atoms with Crippen LogP contribution in [0, 0.1) is 12.7 Å². The second kappa shape index (κ2) is 7.77. The Morgan fingerprint density at radius 2 is 2.00 bits per heavy atom. The third-order valence-corrected chi connectivity index (χ3v) is 3.81. The Bertz CT molecular complexity index is 906. The van der Waals surface area contributed by atoms with Gasteiger partial charge in [-0.1, -0.05) is 18.2 Å². The molecule has 0 saturated carbocycles. The maximum atomic E-state index is 12.9. The number of aromatic amines is 1. The molecule has 134 valence electrons. The number of nitrogens with zero attached hydrogens (tertiary/aromatic N) is 2. The van der Waals surface area contributed by atoms with E-state index in [-0.39, 0.29) is 18.1 Å². The molecule has 1 heterocycles. The van der Waals surface area contributed by atoms with Crippen LogP contribution in [0.4, 0.5) is 10.1 Å². The number of ether oxygens (including phenoxy) is 1. The summed E-state index contributed by atoms with van der Waals surface area (Å²) in [4.78, 5) is 16.6. The van der Waals surface area contributed by atoms with Crippen LogP contribution < -0.4 is 10.1 Å². The predicted molar refractivity (Wildman–Crippen MR) is 95.7 cm³/mol. The van der Waals surface area contributed by atoms with Gasteiger partial charge < -0.3 is 10.1 Å². The first-order valence-electron chi connectivity index (χ1n) is 8.12. The van der Waals surface area contributed by atoms with Crippen molar-refractivity contribution in [2.75, 3.05) is 12.4 Å². The van der Waals surface area contributed by atoms with Crippen LogP contribution in [0.2, 0.25) is 0 Å². The largest absolute Gasteiger partial charge is 0.495 e. The quantitative estimate of drug-likeness (QED) is 0.713. The van der Waals surface area contributed by atoms with E-state index in [0.717, 1.165) is 11.1 Å². The molecule has 3 rings (SSSR count). The van der Waals surface area contributed by atoms with Crippen molar-refractivity contribution in [3.05, 3.63) is 71.1 Å². The highest BCUT2D eigenvalue weighted by Crippen LogP contribution is 2.25. The summed E-state index contributed by atoms with van der Waals surface area (Å²) in [5.74, 6) is 1.09. The molecule has 1 amide bonds. The number of anilines is 1. The van der Waals surface area contributed by atoms with Crippen molar-refractivity contribution in [2.45, 2.75) is 19.8 Å². The molecule has 0 atom stereocenters. The minimum atomic E-state index is -0.282. The second-order valence-corrected chi connectivity index (χ2v) is 5.93. The summed E-state index contributed by atoms with van der Waals surface area (Å²) in [6.45, 7) is 1.94. The van der Waals surface area contributed by atoms with Gasteiger partial charge in [0.15, 0.2) is 5.82 Å². The van der Waals surface area contributed by atoms with Crippen molar-refractivity contribution >= 4 is 11.6 Å². The SMILES string of the molecule is COc1ccc(C)cc1NC(=O)Cc1n[nH]c(Cc2ccc(F)cc2)n1. The van der Waals surface area contributed by atoms with E-state index in [1.807, 2.05) is 19.1 Å². The zero-order valence-electron chi connectivity index (χ0n) is 14.5. The highest BCUT2D eigenvalue weighted by atomic mass is 19.1. The molecule has 0 fully saturated rings. The number of hydrogen-bond donors (Lipinski definition) is 2. The van der Waals surface area contributed by atoms with Crippen molar-refractivity contribution in [1.29, 1.82) is 0 Å². The molecule has 7 heteroatoms. The summed E-state index contributed by atoms with van der Waals surface area (Å²) in [7, 11) is 1.55. The van der Waals surface area contributed by atoms with Gasteiger partial charge in [0.2, 0.25) is 5.91 Å². The Kier molecular flexibility index (Phi) is 5.26. The molecule has 26 heavy (non-hydrogen) atoms. The molecular weight excluding hydrogens is 335 g/mol. The zero-order chi connectivity index (χ0) is 18.5. The molecule has 0 spiro atoms. The topological polar surface area (TPSA) is 79.9 Å². The van der Waals surface area contributed by atoms with E-state index in [4.69, 9.17) is 4.74 Å². The lowest BCUT2D eigenvalue weighted by Gasteiger charge is -2.10. The Morgan fingerprint density at radius 1 is 1.23 bits per heavy atom. The van der Waals surface area contributed by atoms with Crippen molar-refractivity contribution < 1.29 is 13.9 Å². The smallest absolute Gasteiger partial charge is 0.232 e. The molecule has 0 aliphatic rings. The van der Waals surface area contributed by atoms with Gasteiger partial charge >= 0.3 is 0 Å². The van der Waals surface area contributed by atoms with Gasteiger partial charge in [-0.25, -0.2) is 9.37 Å². The third-order valence-electron chi connectivity index (χ3n) is 3.81. The number of rotatable bonds is 6. The van der Waals surface area contributed by atoms with Crippen LogP contribution in [0.25, 0.3) is 0 Å². The van der Waals surface area contributed by atoms with E-state index >= 15 is 0 Å². The van der Waals surface area contributed by atoms with Crippen LogP contribution in [-0.4, -0.2) is 28.2 Å². The molecule has 2 N–H and O–H groups in total. The molecule has 1 aromatic heterocycles. The molecule has 3 aromatic rings. The average molecular weight is 354 g/mol. The highest BCUT2D eigenvalue weighted by Gasteiger charge is 2.12. The molecule has 6 nitrogen and oxygen atoms in total. The zero-order valence-corrected chi connectivity index (χ0v) is 14.5. The number of aryl methyl sites for hydroxylation is 1. The van der Waals surface area contributed by atoms with E-state index in [2.05, 4.69) is 20.5 Å². The van der Waals surface area contributed by atoms with E-state index < -0.39 is 0 Å².